The molecule has 0 bridgehead atoms. The first-order chi connectivity index (χ1) is 15.2. The van der Waals surface area contributed by atoms with Crippen LogP contribution in [0.15, 0.2) is 82.6 Å². The number of benzene rings is 3. The summed E-state index contributed by atoms with van der Waals surface area (Å²) >= 11 is 5.96. The third kappa shape index (κ3) is 7.03. The molecule has 6 nitrogen and oxygen atoms in total. The number of sulfone groups is 1. The smallest absolute Gasteiger partial charge is 0.335 e. The maximum Gasteiger partial charge on any atom is 0.335 e. The molecular weight excluding hydrogens is 485 g/mol. The van der Waals surface area contributed by atoms with Gasteiger partial charge in [-0.05, 0) is 66.9 Å². The van der Waals surface area contributed by atoms with Crippen molar-refractivity contribution >= 4 is 39.8 Å². The van der Waals surface area contributed by atoms with Crippen LogP contribution in [-0.4, -0.2) is 37.2 Å². The minimum absolute atomic E-state index is 0. The number of hydrogen-bond acceptors (Lipinski definition) is 5. The van der Waals surface area contributed by atoms with Crippen LogP contribution in [0.4, 0.5) is 0 Å². The van der Waals surface area contributed by atoms with Crippen molar-refractivity contribution in [1.29, 1.82) is 0 Å². The Kier molecular flexibility index (Phi) is 9.46. The minimum atomic E-state index is -3.82. The molecule has 0 radical (unpaired) electrons. The normalized spacial score (nSPS) is 13.1. The summed E-state index contributed by atoms with van der Waals surface area (Å²) in [5.41, 5.74) is 1.58. The number of aliphatic hydroxyl groups is 1. The average Bonchev–Trinajstić information content (AvgIpc) is 2.78. The Labute approximate surface area is 204 Å². The lowest BCUT2D eigenvalue weighted by atomic mass is 10.1. The summed E-state index contributed by atoms with van der Waals surface area (Å²) in [7, 11) is -3.82. The Balaban J connectivity index is 0.00000385. The molecule has 0 aromatic heterocycles. The van der Waals surface area contributed by atoms with Gasteiger partial charge >= 0.3 is 5.97 Å². The van der Waals surface area contributed by atoms with Crippen LogP contribution < -0.4 is 5.32 Å². The van der Waals surface area contributed by atoms with Crippen LogP contribution in [0.1, 0.15) is 34.5 Å². The summed E-state index contributed by atoms with van der Waals surface area (Å²) in [5, 5.41) is 23.3. The molecule has 3 aromatic carbocycles. The van der Waals surface area contributed by atoms with Gasteiger partial charge in [-0.2, -0.15) is 0 Å². The van der Waals surface area contributed by atoms with Crippen LogP contribution in [0.5, 0.6) is 0 Å². The molecule has 0 spiro atoms. The molecule has 0 heterocycles. The number of hydrogen-bond donors (Lipinski definition) is 3. The Hall–Kier alpha value is -2.42. The summed E-state index contributed by atoms with van der Waals surface area (Å²) in [5.74, 6) is -1.18. The van der Waals surface area contributed by atoms with E-state index in [0.717, 1.165) is 17.2 Å². The quantitative estimate of drug-likeness (QED) is 0.391. The molecule has 0 saturated carbocycles. The van der Waals surface area contributed by atoms with Gasteiger partial charge in [-0.3, -0.25) is 0 Å². The largest absolute Gasteiger partial charge is 0.478 e. The molecule has 0 fully saturated rings. The van der Waals surface area contributed by atoms with Gasteiger partial charge < -0.3 is 15.5 Å². The van der Waals surface area contributed by atoms with Crippen molar-refractivity contribution in [3.8, 4) is 0 Å². The number of carboxylic acid groups (broad SMARTS) is 1. The van der Waals surface area contributed by atoms with Gasteiger partial charge in [0, 0.05) is 17.6 Å². The molecule has 0 amide bonds. The van der Waals surface area contributed by atoms with Crippen molar-refractivity contribution in [2.75, 3.05) is 6.54 Å². The Morgan fingerprint density at radius 2 is 1.67 bits per heavy atom. The van der Waals surface area contributed by atoms with Gasteiger partial charge in [-0.25, -0.2) is 13.2 Å². The fourth-order valence-corrected chi connectivity index (χ4v) is 4.81. The van der Waals surface area contributed by atoms with Crippen LogP contribution in [0.2, 0.25) is 5.02 Å². The topological polar surface area (TPSA) is 104 Å². The summed E-state index contributed by atoms with van der Waals surface area (Å²) in [4.78, 5) is 11.2. The number of nitrogens with one attached hydrogen (secondary N) is 1. The van der Waals surface area contributed by atoms with Gasteiger partial charge in [-0.15, -0.1) is 12.4 Å². The van der Waals surface area contributed by atoms with E-state index in [1.807, 2.05) is 13.0 Å². The predicted octanol–water partition coefficient (Wildman–Crippen LogP) is 4.55. The maximum atomic E-state index is 12.8. The Morgan fingerprint density at radius 1 is 1.00 bits per heavy atom. The monoisotopic (exact) mass is 509 g/mol. The zero-order chi connectivity index (χ0) is 23.3. The van der Waals surface area contributed by atoms with E-state index < -0.39 is 21.9 Å². The summed E-state index contributed by atoms with van der Waals surface area (Å²) < 4.78 is 25.7. The fourth-order valence-electron chi connectivity index (χ4n) is 3.31. The van der Waals surface area contributed by atoms with Crippen LogP contribution in [-0.2, 0) is 16.3 Å². The number of aliphatic hydroxyl groups excluding tert-OH is 1. The first kappa shape index (κ1) is 26.8. The fraction of sp³-hybridized carbons (Fsp3) is 0.208. The second-order valence-electron chi connectivity index (χ2n) is 7.56. The molecule has 3 aromatic rings. The number of halogens is 2. The van der Waals surface area contributed by atoms with Gasteiger partial charge in [0.15, 0.2) is 0 Å². The van der Waals surface area contributed by atoms with Crippen LogP contribution in [0, 0.1) is 0 Å². The second kappa shape index (κ2) is 11.6. The van der Waals surface area contributed by atoms with E-state index in [4.69, 9.17) is 16.7 Å². The van der Waals surface area contributed by atoms with Crippen molar-refractivity contribution in [3.63, 3.8) is 0 Å². The molecule has 0 aliphatic heterocycles. The highest BCUT2D eigenvalue weighted by Crippen LogP contribution is 2.23. The highest BCUT2D eigenvalue weighted by Gasteiger charge is 2.19. The van der Waals surface area contributed by atoms with Crippen LogP contribution in [0.3, 0.4) is 0 Å². The molecule has 176 valence electrons. The number of carbonyl (C=O) groups is 1. The van der Waals surface area contributed by atoms with E-state index in [2.05, 4.69) is 5.32 Å². The lowest BCUT2D eigenvalue weighted by Gasteiger charge is -2.18. The van der Waals surface area contributed by atoms with Gasteiger partial charge in [0.2, 0.25) is 9.84 Å². The summed E-state index contributed by atoms with van der Waals surface area (Å²) in [6.07, 6.45) is -0.0536. The Bertz CT molecular complexity index is 1200. The van der Waals surface area contributed by atoms with Crippen molar-refractivity contribution < 1.29 is 23.4 Å². The van der Waals surface area contributed by atoms with Gasteiger partial charge in [0.25, 0.3) is 0 Å². The van der Waals surface area contributed by atoms with Crippen LogP contribution >= 0.6 is 24.0 Å². The van der Waals surface area contributed by atoms with Gasteiger partial charge in [-0.1, -0.05) is 41.9 Å². The first-order valence-electron chi connectivity index (χ1n) is 10.0. The number of aromatic carboxylic acids is 1. The van der Waals surface area contributed by atoms with Crippen molar-refractivity contribution in [3.05, 3.63) is 94.5 Å². The molecule has 9 heteroatoms. The highest BCUT2D eigenvalue weighted by atomic mass is 35.5. The highest BCUT2D eigenvalue weighted by molar-refractivity contribution is 7.91. The van der Waals surface area contributed by atoms with E-state index in [1.165, 1.54) is 30.3 Å². The first-order valence-corrected chi connectivity index (χ1v) is 11.9. The van der Waals surface area contributed by atoms with Gasteiger partial charge in [0.05, 0.1) is 21.5 Å². The van der Waals surface area contributed by atoms with Crippen molar-refractivity contribution in [2.24, 2.45) is 0 Å². The van der Waals surface area contributed by atoms with E-state index in [0.29, 0.717) is 18.0 Å². The molecule has 0 unspecified atom stereocenters. The average molecular weight is 510 g/mol. The van der Waals surface area contributed by atoms with Crippen LogP contribution in [0.25, 0.3) is 0 Å². The maximum absolute atomic E-state index is 12.8. The summed E-state index contributed by atoms with van der Waals surface area (Å²) in [6, 6.07) is 18.9. The lowest BCUT2D eigenvalue weighted by molar-refractivity contribution is 0.0696. The summed E-state index contributed by atoms with van der Waals surface area (Å²) in [6.45, 7) is 2.33. The van der Waals surface area contributed by atoms with Crippen molar-refractivity contribution in [1.82, 2.24) is 5.32 Å². The molecule has 0 aliphatic carbocycles. The van der Waals surface area contributed by atoms with E-state index in [1.54, 1.807) is 30.3 Å². The van der Waals surface area contributed by atoms with Gasteiger partial charge in [0.1, 0.15) is 0 Å². The molecule has 3 N–H and O–H groups in total. The number of carboxylic acids is 1. The zero-order valence-corrected chi connectivity index (χ0v) is 20.2. The third-order valence-corrected chi connectivity index (χ3v) is 7.06. The predicted molar refractivity (Wildman–Crippen MR) is 130 cm³/mol. The SMILES string of the molecule is C[C@H](Cc1ccc(S(=O)(=O)c2cccc(C(=O)O)c2)cc1)NC[C@H](O)c1cccc(Cl)c1.Cl. The molecule has 0 aliphatic rings. The molecule has 3 rings (SSSR count). The molecule has 33 heavy (non-hydrogen) atoms. The van der Waals surface area contributed by atoms with E-state index in [-0.39, 0.29) is 33.8 Å². The minimum Gasteiger partial charge on any atom is -0.478 e. The lowest BCUT2D eigenvalue weighted by Crippen LogP contribution is -2.32. The Morgan fingerprint density at radius 3 is 2.30 bits per heavy atom. The molecule has 2 atom stereocenters. The molecular formula is C24H25Cl2NO5S. The zero-order valence-electron chi connectivity index (χ0n) is 17.8. The third-order valence-electron chi connectivity index (χ3n) is 5.06. The molecule has 0 saturated heterocycles. The van der Waals surface area contributed by atoms with E-state index >= 15 is 0 Å². The number of rotatable bonds is 9. The van der Waals surface area contributed by atoms with Crippen molar-refractivity contribution in [2.45, 2.75) is 35.3 Å². The van der Waals surface area contributed by atoms with E-state index in [9.17, 15) is 18.3 Å². The standard InChI is InChI=1S/C24H24ClNO5S.ClH/c1-16(26-15-23(27)18-4-2-6-20(25)13-18)12-17-8-10-21(11-9-17)32(30,31)22-7-3-5-19(14-22)24(28)29;/h2-11,13-14,16,23,26-27H,12,15H2,1H3,(H,28,29);1H/t16-,23+;/m1./s1. The second-order valence-corrected chi connectivity index (χ2v) is 9.95.